The van der Waals surface area contributed by atoms with Crippen LogP contribution in [0.1, 0.15) is 44.4 Å². The van der Waals surface area contributed by atoms with Crippen LogP contribution >= 0.6 is 11.3 Å². The third kappa shape index (κ3) is 6.12. The largest absolute Gasteiger partial charge is 0.489 e. The van der Waals surface area contributed by atoms with Crippen molar-refractivity contribution in [3.8, 4) is 11.8 Å². The van der Waals surface area contributed by atoms with Crippen molar-refractivity contribution < 1.29 is 19.1 Å². The highest BCUT2D eigenvalue weighted by molar-refractivity contribution is 7.16. The second kappa shape index (κ2) is 11.3. The fraction of sp³-hybridized carbons (Fsp3) is 0.222. The second-order valence-electron chi connectivity index (χ2n) is 7.68. The lowest BCUT2D eigenvalue weighted by Gasteiger charge is -2.08. The van der Waals surface area contributed by atoms with Crippen LogP contribution in [0.25, 0.3) is 6.08 Å². The van der Waals surface area contributed by atoms with Crippen molar-refractivity contribution in [1.82, 2.24) is 0 Å². The summed E-state index contributed by atoms with van der Waals surface area (Å²) >= 11 is 1.28. The van der Waals surface area contributed by atoms with Gasteiger partial charge in [-0.15, -0.1) is 11.3 Å². The number of thiophene rings is 1. The zero-order valence-electron chi connectivity index (χ0n) is 19.6. The molecule has 7 heteroatoms. The number of carbonyl (C=O) groups excluding carboxylic acids is 2. The van der Waals surface area contributed by atoms with Crippen LogP contribution in [0.5, 0.6) is 5.75 Å². The summed E-state index contributed by atoms with van der Waals surface area (Å²) in [5.41, 5.74) is 3.94. The first-order chi connectivity index (χ1) is 16.3. The number of nitriles is 1. The predicted octanol–water partition coefficient (Wildman–Crippen LogP) is 5.97. The number of carbonyl (C=O) groups is 2. The Kier molecular flexibility index (Phi) is 8.23. The molecule has 0 aliphatic heterocycles. The van der Waals surface area contributed by atoms with Crippen LogP contribution in [-0.2, 0) is 16.1 Å². The summed E-state index contributed by atoms with van der Waals surface area (Å²) in [6.07, 6.45) is 1.50. The maximum Gasteiger partial charge on any atom is 0.341 e. The number of anilines is 1. The molecule has 0 saturated heterocycles. The Bertz CT molecular complexity index is 1250. The maximum atomic E-state index is 12.8. The van der Waals surface area contributed by atoms with Gasteiger partial charge in [0.25, 0.3) is 5.91 Å². The number of nitrogens with zero attached hydrogens (tertiary/aromatic N) is 1. The molecule has 3 rings (SSSR count). The average Bonchev–Trinajstić information content (AvgIpc) is 3.10. The summed E-state index contributed by atoms with van der Waals surface area (Å²) in [7, 11) is 0. The monoisotopic (exact) mass is 474 g/mol. The normalized spacial score (nSPS) is 11.0. The van der Waals surface area contributed by atoms with Gasteiger partial charge in [0.2, 0.25) is 0 Å². The molecular weight excluding hydrogens is 448 g/mol. The van der Waals surface area contributed by atoms with Crippen molar-refractivity contribution in [2.24, 2.45) is 0 Å². The Hall–Kier alpha value is -3.89. The van der Waals surface area contributed by atoms with Crippen LogP contribution in [-0.4, -0.2) is 18.5 Å². The first-order valence-corrected chi connectivity index (χ1v) is 11.6. The average molecular weight is 475 g/mol. The van der Waals surface area contributed by atoms with Gasteiger partial charge in [0, 0.05) is 4.88 Å². The van der Waals surface area contributed by atoms with Gasteiger partial charge >= 0.3 is 5.97 Å². The lowest BCUT2D eigenvalue weighted by atomic mass is 10.1. The molecule has 0 unspecified atom stereocenters. The molecular formula is C27H26N2O4S. The van der Waals surface area contributed by atoms with E-state index in [-0.39, 0.29) is 12.2 Å². The molecule has 6 nitrogen and oxygen atoms in total. The van der Waals surface area contributed by atoms with Crippen LogP contribution in [0.4, 0.5) is 5.00 Å². The molecule has 0 radical (unpaired) electrons. The van der Waals surface area contributed by atoms with E-state index in [1.165, 1.54) is 23.0 Å². The molecule has 0 saturated carbocycles. The van der Waals surface area contributed by atoms with Gasteiger partial charge in [-0.05, 0) is 62.6 Å². The van der Waals surface area contributed by atoms with E-state index in [9.17, 15) is 14.9 Å². The Balaban J connectivity index is 1.71. The first-order valence-electron chi connectivity index (χ1n) is 10.8. The lowest BCUT2D eigenvalue weighted by molar-refractivity contribution is -0.112. The van der Waals surface area contributed by atoms with Crippen molar-refractivity contribution in [1.29, 1.82) is 5.26 Å². The number of aryl methyl sites for hydroxylation is 2. The third-order valence-corrected chi connectivity index (χ3v) is 6.30. The Labute approximate surface area is 203 Å². The van der Waals surface area contributed by atoms with E-state index < -0.39 is 11.9 Å². The number of amides is 1. The lowest BCUT2D eigenvalue weighted by Crippen LogP contribution is -2.16. The fourth-order valence-electron chi connectivity index (χ4n) is 3.16. The SMILES string of the molecule is CCOC(=O)c1c(NC(=O)/C(C#N)=C/c2ccc(OCc3ccc(C)cc3)cc2)sc(C)c1C. The maximum absolute atomic E-state index is 12.8. The zero-order chi connectivity index (χ0) is 24.7. The minimum Gasteiger partial charge on any atom is -0.489 e. The van der Waals surface area contributed by atoms with E-state index in [0.717, 1.165) is 16.0 Å². The quantitative estimate of drug-likeness (QED) is 0.247. The highest BCUT2D eigenvalue weighted by atomic mass is 32.1. The van der Waals surface area contributed by atoms with E-state index in [2.05, 4.69) is 5.32 Å². The minimum atomic E-state index is -0.589. The smallest absolute Gasteiger partial charge is 0.341 e. The third-order valence-electron chi connectivity index (χ3n) is 5.17. The van der Waals surface area contributed by atoms with Crippen molar-refractivity contribution in [2.45, 2.75) is 34.3 Å². The zero-order valence-corrected chi connectivity index (χ0v) is 20.4. The van der Waals surface area contributed by atoms with E-state index in [1.807, 2.05) is 44.2 Å². The van der Waals surface area contributed by atoms with E-state index in [4.69, 9.17) is 9.47 Å². The molecule has 3 aromatic rings. The molecule has 1 aromatic heterocycles. The second-order valence-corrected chi connectivity index (χ2v) is 8.90. The van der Waals surface area contributed by atoms with Crippen molar-refractivity contribution in [3.63, 3.8) is 0 Å². The summed E-state index contributed by atoms with van der Waals surface area (Å²) in [6, 6.07) is 17.2. The van der Waals surface area contributed by atoms with Crippen molar-refractivity contribution in [2.75, 3.05) is 11.9 Å². The number of ether oxygens (including phenoxy) is 2. The van der Waals surface area contributed by atoms with Crippen LogP contribution < -0.4 is 10.1 Å². The fourth-order valence-corrected chi connectivity index (χ4v) is 4.20. The summed E-state index contributed by atoms with van der Waals surface area (Å²) in [5, 5.41) is 12.6. The van der Waals surface area contributed by atoms with Gasteiger partial charge in [0.05, 0.1) is 12.2 Å². The van der Waals surface area contributed by atoms with Crippen LogP contribution in [0, 0.1) is 32.1 Å². The van der Waals surface area contributed by atoms with Crippen LogP contribution in [0.2, 0.25) is 0 Å². The molecule has 1 N–H and O–H groups in total. The first kappa shape index (κ1) is 24.7. The number of benzene rings is 2. The van der Waals surface area contributed by atoms with Gasteiger partial charge in [-0.1, -0.05) is 42.0 Å². The van der Waals surface area contributed by atoms with Crippen LogP contribution in [0.15, 0.2) is 54.1 Å². The Morgan fingerprint density at radius 3 is 2.35 bits per heavy atom. The topological polar surface area (TPSA) is 88.4 Å². The van der Waals surface area contributed by atoms with E-state index in [1.54, 1.807) is 38.1 Å². The van der Waals surface area contributed by atoms with Crippen LogP contribution in [0.3, 0.4) is 0 Å². The van der Waals surface area contributed by atoms with Gasteiger partial charge in [-0.2, -0.15) is 5.26 Å². The number of rotatable bonds is 8. The highest BCUT2D eigenvalue weighted by Crippen LogP contribution is 2.33. The molecule has 0 bridgehead atoms. The predicted molar refractivity (Wildman–Crippen MR) is 134 cm³/mol. The molecule has 1 heterocycles. The standard InChI is InChI=1S/C27H26N2O4S/c1-5-32-27(31)24-18(3)19(4)34-26(24)29-25(30)22(15-28)14-20-10-12-23(13-11-20)33-16-21-8-6-17(2)7-9-21/h6-14H,5,16H2,1-4H3,(H,29,30)/b22-14+. The van der Waals surface area contributed by atoms with Crippen molar-refractivity contribution >= 4 is 34.3 Å². The highest BCUT2D eigenvalue weighted by Gasteiger charge is 2.23. The molecule has 0 fully saturated rings. The number of esters is 1. The Morgan fingerprint density at radius 2 is 1.74 bits per heavy atom. The number of hydrogen-bond acceptors (Lipinski definition) is 6. The molecule has 0 aliphatic rings. The van der Waals surface area contributed by atoms with Gasteiger partial charge in [0.15, 0.2) is 0 Å². The summed E-state index contributed by atoms with van der Waals surface area (Å²) < 4.78 is 10.9. The Morgan fingerprint density at radius 1 is 1.06 bits per heavy atom. The molecule has 34 heavy (non-hydrogen) atoms. The number of hydrogen-bond donors (Lipinski definition) is 1. The van der Waals surface area contributed by atoms with Gasteiger partial charge in [-0.3, -0.25) is 4.79 Å². The summed E-state index contributed by atoms with van der Waals surface area (Å²) in [4.78, 5) is 26.0. The molecule has 0 aliphatic carbocycles. The molecule has 1 amide bonds. The van der Waals surface area contributed by atoms with Gasteiger partial charge in [-0.25, -0.2) is 4.79 Å². The molecule has 2 aromatic carbocycles. The summed E-state index contributed by atoms with van der Waals surface area (Å²) in [5.74, 6) is -0.401. The van der Waals surface area contributed by atoms with Crippen molar-refractivity contribution in [3.05, 3.63) is 86.8 Å². The molecule has 0 atom stereocenters. The van der Waals surface area contributed by atoms with Gasteiger partial charge < -0.3 is 14.8 Å². The number of nitrogens with one attached hydrogen (secondary N) is 1. The minimum absolute atomic E-state index is 0.0770. The van der Waals surface area contributed by atoms with E-state index in [0.29, 0.717) is 28.5 Å². The van der Waals surface area contributed by atoms with Gasteiger partial charge in [0.1, 0.15) is 29.0 Å². The molecule has 174 valence electrons. The summed E-state index contributed by atoms with van der Waals surface area (Å²) in [6.45, 7) is 8.10. The molecule has 0 spiro atoms. The van der Waals surface area contributed by atoms with E-state index >= 15 is 0 Å².